The molecule has 2 aromatic carbocycles. The normalized spacial score (nSPS) is 10.1. The third-order valence-corrected chi connectivity index (χ3v) is 3.25. The van der Waals surface area contributed by atoms with Gasteiger partial charge in [-0.15, -0.1) is 0 Å². The van der Waals surface area contributed by atoms with Crippen molar-refractivity contribution in [2.75, 3.05) is 19.5 Å². The quantitative estimate of drug-likeness (QED) is 0.877. The van der Waals surface area contributed by atoms with E-state index < -0.39 is 5.82 Å². The molecule has 0 saturated carbocycles. The zero-order valence-electron chi connectivity index (χ0n) is 11.7. The Hall–Kier alpha value is -2.20. The fraction of sp³-hybridized carbons (Fsp3) is 0.125. The number of nitrogens with one attached hydrogen (secondary N) is 1. The second-order valence-electron chi connectivity index (χ2n) is 4.30. The molecule has 1 N–H and O–H groups in total. The average molecular weight is 308 g/mol. The lowest BCUT2D eigenvalue weighted by Gasteiger charge is -2.14. The molecule has 0 saturated heterocycles. The molecule has 0 bridgehead atoms. The van der Waals surface area contributed by atoms with Gasteiger partial charge in [-0.3, -0.25) is 0 Å². The van der Waals surface area contributed by atoms with Gasteiger partial charge >= 0.3 is 0 Å². The molecule has 0 aliphatic heterocycles. The Balaban J connectivity index is 2.24. The molecule has 0 radical (unpaired) electrons. The summed E-state index contributed by atoms with van der Waals surface area (Å²) in [4.78, 5) is 0. The second kappa shape index (κ2) is 6.50. The molecule has 0 aromatic heterocycles. The molecule has 0 atom stereocenters. The zero-order chi connectivity index (χ0) is 15.4. The Morgan fingerprint density at radius 2 is 1.90 bits per heavy atom. The maximum absolute atomic E-state index is 13.2. The molecule has 0 aliphatic carbocycles. The molecule has 0 amide bonds. The molecule has 2 aromatic rings. The van der Waals surface area contributed by atoms with Crippen molar-refractivity contribution in [1.82, 2.24) is 0 Å². The van der Waals surface area contributed by atoms with Crippen molar-refractivity contribution in [3.63, 3.8) is 0 Å². The molecule has 110 valence electrons. The van der Waals surface area contributed by atoms with Crippen LogP contribution in [0.4, 0.5) is 10.1 Å². The molecular formula is C16H15ClFNO2. The van der Waals surface area contributed by atoms with Crippen LogP contribution < -0.4 is 14.8 Å². The highest BCUT2D eigenvalue weighted by atomic mass is 35.5. The van der Waals surface area contributed by atoms with Gasteiger partial charge < -0.3 is 14.8 Å². The lowest BCUT2D eigenvalue weighted by Crippen LogP contribution is -2.00. The number of hydrogen-bond donors (Lipinski definition) is 1. The maximum Gasteiger partial charge on any atom is 0.145 e. The van der Waals surface area contributed by atoms with Crippen LogP contribution in [-0.4, -0.2) is 14.2 Å². The Kier molecular flexibility index (Phi) is 4.70. The van der Waals surface area contributed by atoms with Gasteiger partial charge in [0, 0.05) is 11.8 Å². The SMILES string of the molecule is C=C(Nc1ccc(OC)cc1OC)c1ccc(F)c(Cl)c1. The molecule has 21 heavy (non-hydrogen) atoms. The van der Waals surface area contributed by atoms with Gasteiger partial charge in [-0.05, 0) is 35.9 Å². The number of methoxy groups -OCH3 is 2. The Bertz CT molecular complexity index is 673. The Labute approximate surface area is 128 Å². The van der Waals surface area contributed by atoms with Crippen molar-refractivity contribution in [3.8, 4) is 11.5 Å². The predicted molar refractivity (Wildman–Crippen MR) is 83.6 cm³/mol. The predicted octanol–water partition coefficient (Wildman–Crippen LogP) is 4.58. The van der Waals surface area contributed by atoms with Gasteiger partial charge in [0.2, 0.25) is 0 Å². The molecule has 0 fully saturated rings. The highest BCUT2D eigenvalue weighted by Crippen LogP contribution is 2.31. The minimum absolute atomic E-state index is 0.0529. The van der Waals surface area contributed by atoms with Gasteiger partial charge in [-0.2, -0.15) is 0 Å². The Morgan fingerprint density at radius 3 is 2.52 bits per heavy atom. The first kappa shape index (κ1) is 15.2. The van der Waals surface area contributed by atoms with E-state index in [1.165, 1.54) is 12.1 Å². The molecule has 0 aliphatic rings. The summed E-state index contributed by atoms with van der Waals surface area (Å²) in [6, 6.07) is 9.79. The first-order valence-corrected chi connectivity index (χ1v) is 6.56. The van der Waals surface area contributed by atoms with Crippen molar-refractivity contribution in [1.29, 1.82) is 0 Å². The lowest BCUT2D eigenvalue weighted by molar-refractivity contribution is 0.395. The third-order valence-electron chi connectivity index (χ3n) is 2.96. The monoisotopic (exact) mass is 307 g/mol. The number of ether oxygens (including phenoxy) is 2. The van der Waals surface area contributed by atoms with Gasteiger partial charge in [-0.25, -0.2) is 4.39 Å². The van der Waals surface area contributed by atoms with E-state index in [1.54, 1.807) is 32.4 Å². The fourth-order valence-electron chi connectivity index (χ4n) is 1.82. The van der Waals surface area contributed by atoms with Crippen LogP contribution in [0.2, 0.25) is 5.02 Å². The van der Waals surface area contributed by atoms with Crippen molar-refractivity contribution >= 4 is 23.0 Å². The number of anilines is 1. The van der Waals surface area contributed by atoms with Gasteiger partial charge in [0.05, 0.1) is 24.9 Å². The average Bonchev–Trinajstić information content (AvgIpc) is 2.50. The highest BCUT2D eigenvalue weighted by Gasteiger charge is 2.08. The van der Waals surface area contributed by atoms with E-state index in [4.69, 9.17) is 21.1 Å². The zero-order valence-corrected chi connectivity index (χ0v) is 12.5. The van der Waals surface area contributed by atoms with Crippen molar-refractivity contribution in [3.05, 3.63) is 59.4 Å². The van der Waals surface area contributed by atoms with Gasteiger partial charge in [-0.1, -0.05) is 18.2 Å². The van der Waals surface area contributed by atoms with Gasteiger partial charge in [0.15, 0.2) is 0 Å². The summed E-state index contributed by atoms with van der Waals surface area (Å²) in [7, 11) is 3.15. The number of rotatable bonds is 5. The van der Waals surface area contributed by atoms with Gasteiger partial charge in [0.1, 0.15) is 17.3 Å². The summed E-state index contributed by atoms with van der Waals surface area (Å²) in [6.45, 7) is 3.93. The van der Waals surface area contributed by atoms with Crippen LogP contribution >= 0.6 is 11.6 Å². The van der Waals surface area contributed by atoms with Crippen molar-refractivity contribution in [2.45, 2.75) is 0 Å². The summed E-state index contributed by atoms with van der Waals surface area (Å²) in [5.74, 6) is 0.840. The summed E-state index contributed by atoms with van der Waals surface area (Å²) in [5, 5.41) is 3.17. The van der Waals surface area contributed by atoms with E-state index in [-0.39, 0.29) is 5.02 Å². The topological polar surface area (TPSA) is 30.5 Å². The molecule has 0 spiro atoms. The smallest absolute Gasteiger partial charge is 0.145 e. The fourth-order valence-corrected chi connectivity index (χ4v) is 2.00. The minimum atomic E-state index is -0.463. The van der Waals surface area contributed by atoms with Crippen LogP contribution in [0.5, 0.6) is 11.5 Å². The molecule has 2 rings (SSSR count). The van der Waals surface area contributed by atoms with Crippen LogP contribution in [-0.2, 0) is 0 Å². The maximum atomic E-state index is 13.2. The molecule has 0 heterocycles. The third kappa shape index (κ3) is 3.47. The lowest BCUT2D eigenvalue weighted by atomic mass is 10.1. The summed E-state index contributed by atoms with van der Waals surface area (Å²) >= 11 is 5.77. The first-order chi connectivity index (χ1) is 10.0. The number of benzene rings is 2. The van der Waals surface area contributed by atoms with Crippen LogP contribution in [0.15, 0.2) is 43.0 Å². The summed E-state index contributed by atoms with van der Waals surface area (Å²) < 4.78 is 23.6. The molecule has 3 nitrogen and oxygen atoms in total. The first-order valence-electron chi connectivity index (χ1n) is 6.18. The van der Waals surface area contributed by atoms with E-state index in [0.717, 1.165) is 5.69 Å². The minimum Gasteiger partial charge on any atom is -0.497 e. The highest BCUT2D eigenvalue weighted by molar-refractivity contribution is 6.30. The van der Waals surface area contributed by atoms with E-state index >= 15 is 0 Å². The number of halogens is 2. The van der Waals surface area contributed by atoms with E-state index in [0.29, 0.717) is 22.8 Å². The Morgan fingerprint density at radius 1 is 1.14 bits per heavy atom. The summed E-state index contributed by atoms with van der Waals surface area (Å²) in [6.07, 6.45) is 0. The van der Waals surface area contributed by atoms with Crippen molar-refractivity contribution < 1.29 is 13.9 Å². The largest absolute Gasteiger partial charge is 0.497 e. The molecule has 0 unspecified atom stereocenters. The van der Waals surface area contributed by atoms with Crippen LogP contribution in [0, 0.1) is 5.82 Å². The van der Waals surface area contributed by atoms with Crippen molar-refractivity contribution in [2.24, 2.45) is 0 Å². The van der Waals surface area contributed by atoms with E-state index in [2.05, 4.69) is 11.9 Å². The van der Waals surface area contributed by atoms with Crippen LogP contribution in [0.3, 0.4) is 0 Å². The van der Waals surface area contributed by atoms with Crippen LogP contribution in [0.1, 0.15) is 5.56 Å². The molecule has 5 heteroatoms. The van der Waals surface area contributed by atoms with E-state index in [9.17, 15) is 4.39 Å². The summed E-state index contributed by atoms with van der Waals surface area (Å²) in [5.41, 5.74) is 2.00. The number of hydrogen-bond acceptors (Lipinski definition) is 3. The second-order valence-corrected chi connectivity index (χ2v) is 4.71. The van der Waals surface area contributed by atoms with Gasteiger partial charge in [0.25, 0.3) is 0 Å². The van der Waals surface area contributed by atoms with Crippen LogP contribution in [0.25, 0.3) is 5.70 Å². The standard InChI is InChI=1S/C16H15ClFNO2/c1-10(11-4-6-14(18)13(17)8-11)19-15-7-5-12(20-2)9-16(15)21-3/h4-9,19H,1H2,2-3H3. The van der Waals surface area contributed by atoms with E-state index in [1.807, 2.05) is 6.07 Å². The molecular weight excluding hydrogens is 293 g/mol.